The van der Waals surface area contributed by atoms with E-state index in [1.165, 1.54) is 16.7 Å². The Morgan fingerprint density at radius 1 is 1.10 bits per heavy atom. The van der Waals surface area contributed by atoms with Crippen LogP contribution in [0.15, 0.2) is 42.5 Å². The van der Waals surface area contributed by atoms with Gasteiger partial charge in [-0.2, -0.15) is 0 Å². The molecule has 0 spiro atoms. The highest BCUT2D eigenvalue weighted by atomic mass is 16.5. The summed E-state index contributed by atoms with van der Waals surface area (Å²) < 4.78 is 5.73. The van der Waals surface area contributed by atoms with Crippen molar-refractivity contribution in [2.75, 3.05) is 6.61 Å². The van der Waals surface area contributed by atoms with Crippen molar-refractivity contribution < 1.29 is 9.53 Å². The number of ketones is 1. The van der Waals surface area contributed by atoms with Gasteiger partial charge in [0.1, 0.15) is 11.5 Å². The number of hydrogen-bond acceptors (Lipinski definition) is 2. The van der Waals surface area contributed by atoms with Gasteiger partial charge in [-0.3, -0.25) is 4.79 Å². The number of Topliss-reactive ketones (excluding diaryl/α,β-unsaturated/α-hetero) is 1. The Hall–Kier alpha value is -2.09. The van der Waals surface area contributed by atoms with E-state index in [9.17, 15) is 4.79 Å². The molecule has 21 heavy (non-hydrogen) atoms. The summed E-state index contributed by atoms with van der Waals surface area (Å²) in [5, 5.41) is 0. The monoisotopic (exact) mass is 280 g/mol. The minimum absolute atomic E-state index is 0.0288. The second kappa shape index (κ2) is 5.72. The third kappa shape index (κ3) is 2.85. The highest BCUT2D eigenvalue weighted by molar-refractivity contribution is 5.84. The number of rotatable bonds is 3. The zero-order valence-electron chi connectivity index (χ0n) is 12.6. The lowest BCUT2D eigenvalue weighted by Gasteiger charge is -2.24. The van der Waals surface area contributed by atoms with Gasteiger partial charge in [-0.05, 0) is 48.6 Å². The molecule has 2 aromatic carbocycles. The second-order valence-electron chi connectivity index (χ2n) is 5.83. The third-order valence-electron chi connectivity index (χ3n) is 4.33. The molecule has 1 unspecified atom stereocenters. The second-order valence-corrected chi connectivity index (χ2v) is 5.83. The van der Waals surface area contributed by atoms with E-state index in [1.54, 1.807) is 0 Å². The summed E-state index contributed by atoms with van der Waals surface area (Å²) in [6.45, 7) is 4.64. The largest absolute Gasteiger partial charge is 0.493 e. The molecule has 0 aliphatic carbocycles. The molecule has 108 valence electrons. The van der Waals surface area contributed by atoms with Crippen LogP contribution in [0.25, 0.3) is 0 Å². The summed E-state index contributed by atoms with van der Waals surface area (Å²) in [5.41, 5.74) is 4.70. The zero-order chi connectivity index (χ0) is 14.8. The minimum atomic E-state index is -0.0288. The van der Waals surface area contributed by atoms with Gasteiger partial charge >= 0.3 is 0 Å². The maximum atomic E-state index is 12.6. The van der Waals surface area contributed by atoms with Crippen LogP contribution in [0.3, 0.4) is 0 Å². The molecule has 0 saturated heterocycles. The van der Waals surface area contributed by atoms with Crippen LogP contribution in [0.2, 0.25) is 0 Å². The molecule has 3 rings (SSSR count). The Kier molecular flexibility index (Phi) is 3.78. The van der Waals surface area contributed by atoms with Crippen LogP contribution in [0.4, 0.5) is 0 Å². The fourth-order valence-electron chi connectivity index (χ4n) is 2.98. The molecule has 0 fully saturated rings. The molecule has 2 nitrogen and oxygen atoms in total. The van der Waals surface area contributed by atoms with Crippen LogP contribution < -0.4 is 4.74 Å². The summed E-state index contributed by atoms with van der Waals surface area (Å²) in [7, 11) is 0. The van der Waals surface area contributed by atoms with E-state index in [1.807, 2.05) is 30.3 Å². The maximum Gasteiger partial charge on any atom is 0.144 e. The van der Waals surface area contributed by atoms with Crippen molar-refractivity contribution in [3.05, 3.63) is 64.7 Å². The maximum absolute atomic E-state index is 12.6. The molecule has 0 radical (unpaired) electrons. The molecule has 0 amide bonds. The van der Waals surface area contributed by atoms with Crippen molar-refractivity contribution >= 4 is 5.78 Å². The van der Waals surface area contributed by atoms with E-state index < -0.39 is 0 Å². The molecule has 0 N–H and O–H groups in total. The van der Waals surface area contributed by atoms with Crippen LogP contribution in [-0.2, 0) is 17.6 Å². The van der Waals surface area contributed by atoms with E-state index in [4.69, 9.17) is 4.74 Å². The van der Waals surface area contributed by atoms with Gasteiger partial charge in [0.25, 0.3) is 0 Å². The van der Waals surface area contributed by atoms with E-state index >= 15 is 0 Å². The van der Waals surface area contributed by atoms with Crippen LogP contribution in [-0.4, -0.2) is 12.4 Å². The van der Waals surface area contributed by atoms with Crippen molar-refractivity contribution in [2.45, 2.75) is 26.7 Å². The predicted octanol–water partition coefficient (Wildman–Crippen LogP) is 3.67. The first-order valence-electron chi connectivity index (χ1n) is 7.43. The molecule has 1 aliphatic rings. The lowest BCUT2D eigenvalue weighted by atomic mass is 9.88. The fourth-order valence-corrected chi connectivity index (χ4v) is 2.98. The molecular formula is C19H20O2. The first-order valence-corrected chi connectivity index (χ1v) is 7.43. The van der Waals surface area contributed by atoms with E-state index in [-0.39, 0.29) is 11.7 Å². The molecule has 2 heteroatoms. The number of benzene rings is 2. The van der Waals surface area contributed by atoms with E-state index in [0.717, 1.165) is 17.7 Å². The Bertz CT molecular complexity index is 653. The zero-order valence-corrected chi connectivity index (χ0v) is 12.6. The summed E-state index contributed by atoms with van der Waals surface area (Å²) in [6, 6.07) is 14.2. The van der Waals surface area contributed by atoms with Crippen molar-refractivity contribution in [3.63, 3.8) is 0 Å². The molecule has 1 heterocycles. The fraction of sp³-hybridized carbons (Fsp3) is 0.316. The van der Waals surface area contributed by atoms with Crippen molar-refractivity contribution in [3.8, 4) is 5.75 Å². The Morgan fingerprint density at radius 2 is 1.81 bits per heavy atom. The van der Waals surface area contributed by atoms with Crippen molar-refractivity contribution in [1.82, 2.24) is 0 Å². The first-order chi connectivity index (χ1) is 10.1. The van der Waals surface area contributed by atoms with Gasteiger partial charge in [-0.1, -0.05) is 36.4 Å². The SMILES string of the molecule is Cc1cccc(C)c1CC(=O)C1COc2ccccc2C1. The summed E-state index contributed by atoms with van der Waals surface area (Å²) in [5.74, 6) is 1.18. The van der Waals surface area contributed by atoms with Gasteiger partial charge in [0.2, 0.25) is 0 Å². The average Bonchev–Trinajstić information content (AvgIpc) is 2.50. The smallest absolute Gasteiger partial charge is 0.144 e. The van der Waals surface area contributed by atoms with Gasteiger partial charge in [-0.25, -0.2) is 0 Å². The van der Waals surface area contributed by atoms with Crippen LogP contribution in [0.1, 0.15) is 22.3 Å². The van der Waals surface area contributed by atoms with E-state index in [0.29, 0.717) is 13.0 Å². The highest BCUT2D eigenvalue weighted by Crippen LogP contribution is 2.28. The van der Waals surface area contributed by atoms with Gasteiger partial charge in [0, 0.05) is 6.42 Å². The summed E-state index contributed by atoms with van der Waals surface area (Å²) in [6.07, 6.45) is 1.30. The number of aryl methyl sites for hydroxylation is 2. The number of para-hydroxylation sites is 1. The van der Waals surface area contributed by atoms with Crippen molar-refractivity contribution in [1.29, 1.82) is 0 Å². The van der Waals surface area contributed by atoms with Crippen LogP contribution >= 0.6 is 0 Å². The van der Waals surface area contributed by atoms with Crippen molar-refractivity contribution in [2.24, 2.45) is 5.92 Å². The molecule has 0 aromatic heterocycles. The summed E-state index contributed by atoms with van der Waals surface area (Å²) >= 11 is 0. The van der Waals surface area contributed by atoms with Gasteiger partial charge in [0.05, 0.1) is 12.5 Å². The Balaban J connectivity index is 1.76. The lowest BCUT2D eigenvalue weighted by molar-refractivity contribution is -0.123. The standard InChI is InChI=1S/C19H20O2/c1-13-6-5-7-14(2)17(13)11-18(20)16-10-15-8-3-4-9-19(15)21-12-16/h3-9,16H,10-12H2,1-2H3. The van der Waals surface area contributed by atoms with Crippen LogP contribution in [0, 0.1) is 19.8 Å². The number of hydrogen-bond donors (Lipinski definition) is 0. The average molecular weight is 280 g/mol. The molecule has 2 aromatic rings. The molecule has 1 atom stereocenters. The normalized spacial score (nSPS) is 17.0. The minimum Gasteiger partial charge on any atom is -0.493 e. The lowest BCUT2D eigenvalue weighted by Crippen LogP contribution is -2.29. The number of carbonyl (C=O) groups is 1. The topological polar surface area (TPSA) is 26.3 Å². The van der Waals surface area contributed by atoms with Gasteiger partial charge in [-0.15, -0.1) is 0 Å². The number of carbonyl (C=O) groups excluding carboxylic acids is 1. The van der Waals surface area contributed by atoms with E-state index in [2.05, 4.69) is 26.0 Å². The third-order valence-corrected chi connectivity index (χ3v) is 4.33. The Labute approximate surface area is 125 Å². The molecule has 0 saturated carbocycles. The quantitative estimate of drug-likeness (QED) is 0.857. The predicted molar refractivity (Wildman–Crippen MR) is 83.8 cm³/mol. The van der Waals surface area contributed by atoms with Crippen LogP contribution in [0.5, 0.6) is 5.75 Å². The van der Waals surface area contributed by atoms with Gasteiger partial charge in [0.15, 0.2) is 0 Å². The summed E-state index contributed by atoms with van der Waals surface area (Å²) in [4.78, 5) is 12.6. The number of ether oxygens (including phenoxy) is 1. The molecule has 0 bridgehead atoms. The van der Waals surface area contributed by atoms with Gasteiger partial charge < -0.3 is 4.74 Å². The molecular weight excluding hydrogens is 260 g/mol. The first kappa shape index (κ1) is 13.9. The number of fused-ring (bicyclic) bond motifs is 1. The highest BCUT2D eigenvalue weighted by Gasteiger charge is 2.26. The molecule has 1 aliphatic heterocycles. The Morgan fingerprint density at radius 3 is 2.57 bits per heavy atom.